The van der Waals surface area contributed by atoms with Crippen LogP contribution >= 0.6 is 11.6 Å². The molecule has 2 aromatic carbocycles. The van der Waals surface area contributed by atoms with Crippen LogP contribution in [0, 0.1) is 5.82 Å². The van der Waals surface area contributed by atoms with Crippen LogP contribution in [-0.2, 0) is 15.7 Å². The quantitative estimate of drug-likeness (QED) is 0.227. The average Bonchev–Trinajstić information content (AvgIpc) is 3.54. The molecule has 11 nitrogen and oxygen atoms in total. The van der Waals surface area contributed by atoms with Crippen molar-refractivity contribution < 1.29 is 36.6 Å². The van der Waals surface area contributed by atoms with Gasteiger partial charge in [0.1, 0.15) is 17.6 Å². The monoisotopic (exact) mass is 676 g/mol. The number of carbonyl (C=O) groups excluding carboxylic acids is 2. The number of nitrogens with one attached hydrogen (secondary N) is 2. The van der Waals surface area contributed by atoms with Gasteiger partial charge in [0.2, 0.25) is 5.91 Å². The summed E-state index contributed by atoms with van der Waals surface area (Å²) in [4.78, 5) is 39.4. The predicted molar refractivity (Wildman–Crippen MR) is 163 cm³/mol. The smallest absolute Gasteiger partial charge is 0.436 e. The first-order valence-corrected chi connectivity index (χ1v) is 14.9. The lowest BCUT2D eigenvalue weighted by Gasteiger charge is -2.23. The molecular formula is C31H29ClF4N6O5. The van der Waals surface area contributed by atoms with Gasteiger partial charge in [-0.2, -0.15) is 13.2 Å². The number of pyridine rings is 1. The maximum atomic E-state index is 14.9. The Morgan fingerprint density at radius 2 is 1.85 bits per heavy atom. The fourth-order valence-electron chi connectivity index (χ4n) is 5.20. The predicted octanol–water partition coefficient (Wildman–Crippen LogP) is 5.41. The largest absolute Gasteiger partial charge is 0.495 e. The molecule has 4 aromatic rings. The van der Waals surface area contributed by atoms with E-state index in [1.165, 1.54) is 43.6 Å². The summed E-state index contributed by atoms with van der Waals surface area (Å²) in [5, 5.41) is 12.4. The summed E-state index contributed by atoms with van der Waals surface area (Å²) in [6.45, 7) is 2.68. The van der Waals surface area contributed by atoms with Gasteiger partial charge in [-0.05, 0) is 55.7 Å². The lowest BCUT2D eigenvalue weighted by Crippen LogP contribution is -2.39. The Bertz CT molecular complexity index is 1850. The van der Waals surface area contributed by atoms with Gasteiger partial charge in [0, 0.05) is 47.2 Å². The number of aromatic nitrogens is 4. The maximum absolute atomic E-state index is 14.9. The van der Waals surface area contributed by atoms with Gasteiger partial charge in [0.25, 0.3) is 11.5 Å². The number of nitrogens with zero attached hydrogens (tertiary/aromatic N) is 4. The number of amides is 2. The molecule has 0 radical (unpaired) electrons. The third kappa shape index (κ3) is 7.46. The SMILES string of the molecule is CC[C@@H](C(=O)Nc1ccc(C(=O)NC2CCOCC2)c(F)c1)n1cc(OC)c(-c2cc(Cl)ccc2-n2cc(C(F)(F)F)nn2)cc1=O. The second-order valence-electron chi connectivity index (χ2n) is 10.7. The Balaban J connectivity index is 1.41. The molecule has 1 aliphatic rings. The van der Waals surface area contributed by atoms with E-state index in [4.69, 9.17) is 21.1 Å². The standard InChI is InChI=1S/C31H29ClF4N6O5/c1-3-24(30(45)38-19-5-6-20(23(33)13-19)29(44)37-18-8-10-47-11-9-18)41-15-26(46-2)22(14-28(41)43)21-12-17(32)4-7-25(21)42-16-27(39-40-42)31(34,35)36/h4-7,12-16,18,24H,3,8-11H2,1-2H3,(H,37,44)(H,38,45)/t24-/m0/s1. The Morgan fingerprint density at radius 3 is 2.49 bits per heavy atom. The molecule has 5 rings (SSSR count). The van der Waals surface area contributed by atoms with E-state index in [-0.39, 0.29) is 51.3 Å². The molecule has 16 heteroatoms. The number of rotatable bonds is 9. The molecule has 2 amide bonds. The summed E-state index contributed by atoms with van der Waals surface area (Å²) < 4.78 is 67.4. The van der Waals surface area contributed by atoms with E-state index in [1.807, 2.05) is 0 Å². The van der Waals surface area contributed by atoms with Crippen molar-refractivity contribution in [3.63, 3.8) is 0 Å². The second kappa shape index (κ2) is 13.9. The molecule has 1 atom stereocenters. The normalized spacial score (nSPS) is 14.4. The molecule has 248 valence electrons. The van der Waals surface area contributed by atoms with Gasteiger partial charge in [-0.1, -0.05) is 23.7 Å². The summed E-state index contributed by atoms with van der Waals surface area (Å²) >= 11 is 6.22. The Labute approximate surface area is 270 Å². The highest BCUT2D eigenvalue weighted by atomic mass is 35.5. The molecule has 0 saturated carbocycles. The molecule has 0 spiro atoms. The van der Waals surface area contributed by atoms with E-state index in [1.54, 1.807) is 6.92 Å². The van der Waals surface area contributed by atoms with E-state index in [2.05, 4.69) is 20.9 Å². The number of carbonyl (C=O) groups is 2. The zero-order valence-corrected chi connectivity index (χ0v) is 25.9. The van der Waals surface area contributed by atoms with Crippen LogP contribution in [0.1, 0.15) is 48.3 Å². The lowest BCUT2D eigenvalue weighted by atomic mass is 10.0. The Morgan fingerprint density at radius 1 is 1.11 bits per heavy atom. The molecule has 1 fully saturated rings. The zero-order chi connectivity index (χ0) is 33.9. The highest BCUT2D eigenvalue weighted by Gasteiger charge is 2.35. The van der Waals surface area contributed by atoms with E-state index < -0.39 is 41.1 Å². The highest BCUT2D eigenvalue weighted by molar-refractivity contribution is 6.31. The lowest BCUT2D eigenvalue weighted by molar-refractivity contribution is -0.141. The van der Waals surface area contributed by atoms with Gasteiger partial charge in [0.05, 0.1) is 30.8 Å². The van der Waals surface area contributed by atoms with E-state index >= 15 is 0 Å². The van der Waals surface area contributed by atoms with Crippen molar-refractivity contribution in [2.24, 2.45) is 0 Å². The van der Waals surface area contributed by atoms with Crippen molar-refractivity contribution in [3.8, 4) is 22.6 Å². The maximum Gasteiger partial charge on any atom is 0.436 e. The summed E-state index contributed by atoms with van der Waals surface area (Å²) in [6.07, 6.45) is -1.35. The van der Waals surface area contributed by atoms with Crippen LogP contribution in [-0.4, -0.2) is 57.7 Å². The van der Waals surface area contributed by atoms with Crippen LogP contribution in [0.4, 0.5) is 23.2 Å². The first-order valence-electron chi connectivity index (χ1n) is 14.5. The minimum atomic E-state index is -4.73. The molecule has 2 aromatic heterocycles. The Hall–Kier alpha value is -4.76. The van der Waals surface area contributed by atoms with E-state index in [0.717, 1.165) is 21.4 Å². The molecule has 1 saturated heterocycles. The molecule has 2 N–H and O–H groups in total. The molecule has 47 heavy (non-hydrogen) atoms. The fourth-order valence-corrected chi connectivity index (χ4v) is 5.37. The molecule has 0 unspecified atom stereocenters. The topological polar surface area (TPSA) is 129 Å². The average molecular weight is 677 g/mol. The number of hydrogen-bond acceptors (Lipinski definition) is 7. The van der Waals surface area contributed by atoms with Gasteiger partial charge in [-0.25, -0.2) is 9.07 Å². The molecule has 1 aliphatic heterocycles. The zero-order valence-electron chi connectivity index (χ0n) is 25.1. The number of alkyl halides is 3. The summed E-state index contributed by atoms with van der Waals surface area (Å²) in [5.41, 5.74) is -1.46. The molecule has 0 bridgehead atoms. The highest BCUT2D eigenvalue weighted by Crippen LogP contribution is 2.36. The number of anilines is 1. The van der Waals surface area contributed by atoms with Gasteiger partial charge in [-0.15, -0.1) is 5.10 Å². The molecular weight excluding hydrogens is 648 g/mol. The van der Waals surface area contributed by atoms with Crippen molar-refractivity contribution in [2.45, 2.75) is 44.4 Å². The van der Waals surface area contributed by atoms with E-state index in [0.29, 0.717) is 32.3 Å². The minimum absolute atomic E-state index is 0.0693. The number of methoxy groups -OCH3 is 1. The van der Waals surface area contributed by atoms with Crippen molar-refractivity contribution in [1.29, 1.82) is 0 Å². The van der Waals surface area contributed by atoms with Gasteiger partial charge in [-0.3, -0.25) is 19.0 Å². The number of ether oxygens (including phenoxy) is 2. The number of halogens is 5. The van der Waals surface area contributed by atoms with Crippen molar-refractivity contribution in [1.82, 2.24) is 24.9 Å². The van der Waals surface area contributed by atoms with Gasteiger partial charge in [0.15, 0.2) is 5.69 Å². The van der Waals surface area contributed by atoms with Crippen molar-refractivity contribution >= 4 is 29.1 Å². The fraction of sp³-hybridized carbons (Fsp3) is 0.323. The number of benzene rings is 2. The molecule has 0 aliphatic carbocycles. The summed E-state index contributed by atoms with van der Waals surface area (Å²) in [7, 11) is 1.32. The third-order valence-electron chi connectivity index (χ3n) is 7.61. The number of hydrogen-bond donors (Lipinski definition) is 2. The van der Waals surface area contributed by atoms with Crippen LogP contribution in [0.15, 0.2) is 59.7 Å². The minimum Gasteiger partial charge on any atom is -0.495 e. The van der Waals surface area contributed by atoms with Gasteiger partial charge >= 0.3 is 6.18 Å². The first-order chi connectivity index (χ1) is 22.4. The molecule has 3 heterocycles. The first kappa shape index (κ1) is 33.6. The summed E-state index contributed by atoms with van der Waals surface area (Å²) in [6, 6.07) is 7.91. The summed E-state index contributed by atoms with van der Waals surface area (Å²) in [5.74, 6) is -1.96. The van der Waals surface area contributed by atoms with Crippen molar-refractivity contribution in [3.05, 3.63) is 87.3 Å². The van der Waals surface area contributed by atoms with Crippen LogP contribution in [0.5, 0.6) is 5.75 Å². The second-order valence-corrected chi connectivity index (χ2v) is 11.1. The van der Waals surface area contributed by atoms with Crippen LogP contribution in [0.2, 0.25) is 5.02 Å². The van der Waals surface area contributed by atoms with E-state index in [9.17, 15) is 31.9 Å². The Kier molecular flexibility index (Phi) is 9.96. The van der Waals surface area contributed by atoms with Crippen LogP contribution < -0.4 is 20.9 Å². The van der Waals surface area contributed by atoms with Crippen LogP contribution in [0.3, 0.4) is 0 Å². The van der Waals surface area contributed by atoms with Crippen LogP contribution in [0.25, 0.3) is 16.8 Å². The van der Waals surface area contributed by atoms with Crippen molar-refractivity contribution in [2.75, 3.05) is 25.6 Å². The third-order valence-corrected chi connectivity index (χ3v) is 7.84. The van der Waals surface area contributed by atoms with Gasteiger partial charge < -0.3 is 20.1 Å².